The fraction of sp³-hybridized carbons (Fsp3) is 0.533. The Morgan fingerprint density at radius 3 is 3.00 bits per heavy atom. The number of nitrogens with two attached hydrogens (primary N) is 1. The molecule has 2 rings (SSSR count). The SMILES string of the molecule is CC1CC(CN)CN1C(=O)CCOc1cccc(Br)c1. The summed E-state index contributed by atoms with van der Waals surface area (Å²) in [6.45, 7) is 3.94. The Morgan fingerprint density at radius 2 is 2.35 bits per heavy atom. The zero-order valence-corrected chi connectivity index (χ0v) is 13.3. The summed E-state index contributed by atoms with van der Waals surface area (Å²) < 4.78 is 6.58. The molecule has 110 valence electrons. The van der Waals surface area contributed by atoms with Gasteiger partial charge in [0, 0.05) is 17.1 Å². The van der Waals surface area contributed by atoms with Crippen molar-refractivity contribution in [2.75, 3.05) is 19.7 Å². The summed E-state index contributed by atoms with van der Waals surface area (Å²) in [7, 11) is 0. The summed E-state index contributed by atoms with van der Waals surface area (Å²) in [5.41, 5.74) is 5.68. The first kappa shape index (κ1) is 15.3. The van der Waals surface area contributed by atoms with E-state index in [4.69, 9.17) is 10.5 Å². The van der Waals surface area contributed by atoms with Crippen molar-refractivity contribution in [3.8, 4) is 5.75 Å². The van der Waals surface area contributed by atoms with E-state index in [1.165, 1.54) is 0 Å². The second-order valence-corrected chi connectivity index (χ2v) is 6.20. The predicted molar refractivity (Wildman–Crippen MR) is 82.6 cm³/mol. The third-order valence-electron chi connectivity index (χ3n) is 3.70. The van der Waals surface area contributed by atoms with Gasteiger partial charge < -0.3 is 15.4 Å². The maximum absolute atomic E-state index is 12.2. The average Bonchev–Trinajstić information content (AvgIpc) is 2.80. The summed E-state index contributed by atoms with van der Waals surface area (Å²) in [5, 5.41) is 0. The van der Waals surface area contributed by atoms with Crippen LogP contribution in [0.5, 0.6) is 5.75 Å². The third kappa shape index (κ3) is 3.96. The number of likely N-dealkylation sites (tertiary alicyclic amines) is 1. The van der Waals surface area contributed by atoms with E-state index in [2.05, 4.69) is 22.9 Å². The first-order valence-electron chi connectivity index (χ1n) is 6.98. The van der Waals surface area contributed by atoms with E-state index in [1.807, 2.05) is 29.2 Å². The van der Waals surface area contributed by atoms with Gasteiger partial charge in [0.1, 0.15) is 5.75 Å². The van der Waals surface area contributed by atoms with Crippen molar-refractivity contribution in [2.24, 2.45) is 11.7 Å². The van der Waals surface area contributed by atoms with Crippen molar-refractivity contribution in [1.29, 1.82) is 0 Å². The summed E-state index contributed by atoms with van der Waals surface area (Å²) in [6.07, 6.45) is 1.42. The van der Waals surface area contributed by atoms with E-state index in [0.717, 1.165) is 23.2 Å². The molecular formula is C15H21BrN2O2. The fourth-order valence-electron chi connectivity index (χ4n) is 2.62. The average molecular weight is 341 g/mol. The molecule has 0 aliphatic carbocycles. The lowest BCUT2D eigenvalue weighted by molar-refractivity contribution is -0.132. The molecule has 1 amide bonds. The molecule has 1 aromatic rings. The maximum Gasteiger partial charge on any atom is 0.226 e. The topological polar surface area (TPSA) is 55.6 Å². The van der Waals surface area contributed by atoms with Gasteiger partial charge in [0.2, 0.25) is 5.91 Å². The Labute approximate surface area is 128 Å². The lowest BCUT2D eigenvalue weighted by Gasteiger charge is -2.21. The number of benzene rings is 1. The molecule has 20 heavy (non-hydrogen) atoms. The Bertz CT molecular complexity index is 467. The minimum Gasteiger partial charge on any atom is -0.493 e. The second-order valence-electron chi connectivity index (χ2n) is 5.29. The Morgan fingerprint density at radius 1 is 1.55 bits per heavy atom. The van der Waals surface area contributed by atoms with Crippen LogP contribution in [-0.2, 0) is 4.79 Å². The van der Waals surface area contributed by atoms with Crippen LogP contribution in [-0.4, -0.2) is 36.5 Å². The molecule has 5 heteroatoms. The molecule has 0 radical (unpaired) electrons. The Balaban J connectivity index is 1.78. The van der Waals surface area contributed by atoms with Crippen LogP contribution in [0, 0.1) is 5.92 Å². The molecule has 1 saturated heterocycles. The summed E-state index contributed by atoms with van der Waals surface area (Å²) in [6, 6.07) is 7.93. The van der Waals surface area contributed by atoms with Gasteiger partial charge >= 0.3 is 0 Å². The van der Waals surface area contributed by atoms with Gasteiger partial charge in [-0.2, -0.15) is 0 Å². The first-order valence-corrected chi connectivity index (χ1v) is 7.77. The van der Waals surface area contributed by atoms with Gasteiger partial charge in [-0.25, -0.2) is 0 Å². The number of carbonyl (C=O) groups excluding carboxylic acids is 1. The third-order valence-corrected chi connectivity index (χ3v) is 4.19. The fourth-order valence-corrected chi connectivity index (χ4v) is 3.00. The highest BCUT2D eigenvalue weighted by atomic mass is 79.9. The molecule has 0 saturated carbocycles. The standard InChI is InChI=1S/C15H21BrN2O2/c1-11-7-12(9-17)10-18(11)15(19)5-6-20-14-4-2-3-13(16)8-14/h2-4,8,11-12H,5-7,9-10,17H2,1H3. The van der Waals surface area contributed by atoms with E-state index in [9.17, 15) is 4.79 Å². The molecule has 1 aliphatic heterocycles. The van der Waals surface area contributed by atoms with Crippen molar-refractivity contribution in [2.45, 2.75) is 25.8 Å². The molecule has 1 fully saturated rings. The van der Waals surface area contributed by atoms with Gasteiger partial charge in [0.05, 0.1) is 13.0 Å². The molecule has 0 aromatic heterocycles. The van der Waals surface area contributed by atoms with Crippen molar-refractivity contribution in [1.82, 2.24) is 4.90 Å². The monoisotopic (exact) mass is 340 g/mol. The zero-order chi connectivity index (χ0) is 14.5. The molecular weight excluding hydrogens is 320 g/mol. The molecule has 0 bridgehead atoms. The molecule has 2 unspecified atom stereocenters. The molecule has 4 nitrogen and oxygen atoms in total. The smallest absolute Gasteiger partial charge is 0.226 e. The van der Waals surface area contributed by atoms with Gasteiger partial charge in [0.25, 0.3) is 0 Å². The van der Waals surface area contributed by atoms with Crippen LogP contribution in [0.25, 0.3) is 0 Å². The van der Waals surface area contributed by atoms with Gasteiger partial charge in [-0.1, -0.05) is 22.0 Å². The minimum atomic E-state index is 0.156. The maximum atomic E-state index is 12.2. The number of carbonyl (C=O) groups is 1. The van der Waals surface area contributed by atoms with Crippen LogP contribution >= 0.6 is 15.9 Å². The van der Waals surface area contributed by atoms with Crippen LogP contribution in [0.3, 0.4) is 0 Å². The van der Waals surface area contributed by atoms with Gasteiger partial charge in [-0.05, 0) is 44.0 Å². The minimum absolute atomic E-state index is 0.156. The van der Waals surface area contributed by atoms with Crippen LogP contribution < -0.4 is 10.5 Å². The lowest BCUT2D eigenvalue weighted by Crippen LogP contribution is -2.35. The number of amides is 1. The van der Waals surface area contributed by atoms with Crippen molar-refractivity contribution in [3.63, 3.8) is 0 Å². The van der Waals surface area contributed by atoms with Crippen LogP contribution in [0.4, 0.5) is 0 Å². The van der Waals surface area contributed by atoms with Gasteiger partial charge in [0.15, 0.2) is 0 Å². The Hall–Kier alpha value is -1.07. The predicted octanol–water partition coefficient (Wildman–Crippen LogP) is 2.41. The highest BCUT2D eigenvalue weighted by Crippen LogP contribution is 2.23. The highest BCUT2D eigenvalue weighted by Gasteiger charge is 2.31. The van der Waals surface area contributed by atoms with E-state index in [1.54, 1.807) is 0 Å². The molecule has 1 aliphatic rings. The highest BCUT2D eigenvalue weighted by molar-refractivity contribution is 9.10. The molecule has 0 spiro atoms. The normalized spacial score (nSPS) is 22.1. The van der Waals surface area contributed by atoms with Gasteiger partial charge in [-0.15, -0.1) is 0 Å². The number of ether oxygens (including phenoxy) is 1. The number of rotatable bonds is 5. The first-order chi connectivity index (χ1) is 9.60. The largest absolute Gasteiger partial charge is 0.493 e. The second kappa shape index (κ2) is 7.09. The Kier molecular flexibility index (Phi) is 5.43. The quantitative estimate of drug-likeness (QED) is 0.895. The number of nitrogens with zero attached hydrogens (tertiary/aromatic N) is 1. The lowest BCUT2D eigenvalue weighted by atomic mass is 10.1. The molecule has 2 N–H and O–H groups in total. The van der Waals surface area contributed by atoms with Gasteiger partial charge in [-0.3, -0.25) is 4.79 Å². The van der Waals surface area contributed by atoms with Crippen molar-refractivity contribution < 1.29 is 9.53 Å². The van der Waals surface area contributed by atoms with Crippen LogP contribution in [0.15, 0.2) is 28.7 Å². The van der Waals surface area contributed by atoms with Crippen LogP contribution in [0.1, 0.15) is 19.8 Å². The summed E-state index contributed by atoms with van der Waals surface area (Å²) in [4.78, 5) is 14.1. The van der Waals surface area contributed by atoms with Crippen molar-refractivity contribution >= 4 is 21.8 Å². The molecule has 1 heterocycles. The summed E-state index contributed by atoms with van der Waals surface area (Å²) >= 11 is 3.39. The van der Waals surface area contributed by atoms with Crippen LogP contribution in [0.2, 0.25) is 0 Å². The van der Waals surface area contributed by atoms with E-state index < -0.39 is 0 Å². The molecule has 2 atom stereocenters. The summed E-state index contributed by atoms with van der Waals surface area (Å²) in [5.74, 6) is 1.38. The number of hydrogen-bond donors (Lipinski definition) is 1. The zero-order valence-electron chi connectivity index (χ0n) is 11.7. The van der Waals surface area contributed by atoms with Crippen molar-refractivity contribution in [3.05, 3.63) is 28.7 Å². The number of halogens is 1. The number of hydrogen-bond acceptors (Lipinski definition) is 3. The molecule has 1 aromatic carbocycles. The van der Waals surface area contributed by atoms with E-state index in [-0.39, 0.29) is 5.91 Å². The van der Waals surface area contributed by atoms with E-state index in [0.29, 0.717) is 31.5 Å². The van der Waals surface area contributed by atoms with E-state index >= 15 is 0 Å².